The van der Waals surface area contributed by atoms with Gasteiger partial charge in [0.2, 0.25) is 0 Å². The lowest BCUT2D eigenvalue weighted by atomic mass is 10.2. The van der Waals surface area contributed by atoms with Crippen molar-refractivity contribution in [3.05, 3.63) is 33.8 Å². The summed E-state index contributed by atoms with van der Waals surface area (Å²) in [5, 5.41) is 0.334. The first kappa shape index (κ1) is 17.5. The Balaban J connectivity index is 0.00000289. The van der Waals surface area contributed by atoms with Crippen LogP contribution in [0.15, 0.2) is 18.2 Å². The van der Waals surface area contributed by atoms with Crippen molar-refractivity contribution in [2.24, 2.45) is 0 Å². The van der Waals surface area contributed by atoms with Crippen LogP contribution in [0.5, 0.6) is 0 Å². The third-order valence-electron chi connectivity index (χ3n) is 1.59. The van der Waals surface area contributed by atoms with E-state index in [1.54, 1.807) is 0 Å². The van der Waals surface area contributed by atoms with Gasteiger partial charge in [-0.05, 0) is 23.8 Å². The van der Waals surface area contributed by atoms with E-state index in [4.69, 9.17) is 23.2 Å². The fourth-order valence-electron chi connectivity index (χ4n) is 0.907. The lowest BCUT2D eigenvalue weighted by molar-refractivity contribution is -0.0547. The van der Waals surface area contributed by atoms with Crippen molar-refractivity contribution in [3.8, 4) is 0 Å². The van der Waals surface area contributed by atoms with Crippen molar-refractivity contribution in [1.29, 1.82) is 0 Å². The number of hydrogen-bond acceptors (Lipinski definition) is 3. The molecule has 18 heavy (non-hydrogen) atoms. The van der Waals surface area contributed by atoms with Crippen LogP contribution in [-0.2, 0) is 20.9 Å². The maximum absolute atomic E-state index is 11.9. The topological polar surface area (TPSA) is 43.4 Å². The molecule has 0 atom stereocenters. The minimum atomic E-state index is -5.61. The molecule has 0 aromatic heterocycles. The molecule has 0 spiro atoms. The van der Waals surface area contributed by atoms with Gasteiger partial charge in [-0.3, -0.25) is 4.18 Å². The van der Waals surface area contributed by atoms with Crippen LogP contribution in [0.25, 0.3) is 0 Å². The van der Waals surface area contributed by atoms with Crippen LogP contribution >= 0.6 is 23.2 Å². The molecule has 0 unspecified atom stereocenters. The van der Waals surface area contributed by atoms with Gasteiger partial charge in [0.15, 0.2) is 0 Å². The number of hydrogen-bond donors (Lipinski definition) is 0. The molecule has 0 aliphatic heterocycles. The molecule has 0 amide bonds. The molecular formula is C9H9Cl2F3O3S. The standard InChI is InChI=1S/C8H5Cl2F3O3S.CH4/c9-6-1-5(2-7(10)3-6)4-16-17(14,15)8(11,12)13;/h1-3H,4H2;1H4. The molecule has 0 saturated carbocycles. The summed E-state index contributed by atoms with van der Waals surface area (Å²) in [5.41, 5.74) is -5.33. The normalized spacial score (nSPS) is 12.1. The average Bonchev–Trinajstić information content (AvgIpc) is 2.11. The molecule has 1 rings (SSSR count). The molecule has 0 fully saturated rings. The van der Waals surface area contributed by atoms with E-state index in [2.05, 4.69) is 4.18 Å². The highest BCUT2D eigenvalue weighted by Crippen LogP contribution is 2.26. The Hall–Kier alpha value is -0.500. The molecule has 0 aliphatic rings. The van der Waals surface area contributed by atoms with E-state index in [9.17, 15) is 21.6 Å². The summed E-state index contributed by atoms with van der Waals surface area (Å²) in [4.78, 5) is 0. The second-order valence-electron chi connectivity index (χ2n) is 2.94. The van der Waals surface area contributed by atoms with Gasteiger partial charge in [-0.25, -0.2) is 0 Å². The van der Waals surface area contributed by atoms with Crippen LogP contribution in [-0.4, -0.2) is 13.9 Å². The van der Waals surface area contributed by atoms with Crippen molar-refractivity contribution < 1.29 is 25.8 Å². The molecule has 0 radical (unpaired) electrons. The summed E-state index contributed by atoms with van der Waals surface area (Å²) in [6, 6.07) is 3.85. The highest BCUT2D eigenvalue weighted by Gasteiger charge is 2.47. The molecule has 1 aromatic rings. The van der Waals surface area contributed by atoms with Gasteiger partial charge in [0.1, 0.15) is 0 Å². The number of alkyl halides is 3. The SMILES string of the molecule is C.O=S(=O)(OCc1cc(Cl)cc(Cl)c1)C(F)(F)F. The molecule has 0 N–H and O–H groups in total. The molecule has 104 valence electrons. The van der Waals surface area contributed by atoms with Gasteiger partial charge in [0, 0.05) is 10.0 Å². The number of benzene rings is 1. The van der Waals surface area contributed by atoms with Crippen LogP contribution in [0.2, 0.25) is 10.0 Å². The monoisotopic (exact) mass is 324 g/mol. The van der Waals surface area contributed by atoms with Crippen LogP contribution in [0.1, 0.15) is 13.0 Å². The first-order chi connectivity index (χ1) is 7.62. The van der Waals surface area contributed by atoms with Crippen molar-refractivity contribution in [1.82, 2.24) is 0 Å². The van der Waals surface area contributed by atoms with Crippen molar-refractivity contribution >= 4 is 33.3 Å². The van der Waals surface area contributed by atoms with E-state index in [1.807, 2.05) is 0 Å². The Labute approximate surface area is 113 Å². The smallest absolute Gasteiger partial charge is 0.258 e. The lowest BCUT2D eigenvalue weighted by Gasteiger charge is -2.08. The summed E-state index contributed by atoms with van der Waals surface area (Å²) >= 11 is 11.2. The Kier molecular flexibility index (Phi) is 5.93. The zero-order valence-electron chi connectivity index (χ0n) is 7.96. The largest absolute Gasteiger partial charge is 0.523 e. The van der Waals surface area contributed by atoms with E-state index in [0.717, 1.165) is 0 Å². The van der Waals surface area contributed by atoms with Crippen LogP contribution in [0.3, 0.4) is 0 Å². The van der Waals surface area contributed by atoms with E-state index >= 15 is 0 Å². The molecule has 0 bridgehead atoms. The molecular weight excluding hydrogens is 316 g/mol. The van der Waals surface area contributed by atoms with E-state index in [-0.39, 0.29) is 23.0 Å². The highest BCUT2D eigenvalue weighted by atomic mass is 35.5. The predicted octanol–water partition coefficient (Wildman–Crippen LogP) is 4.00. The van der Waals surface area contributed by atoms with Crippen molar-refractivity contribution in [2.75, 3.05) is 0 Å². The Morgan fingerprint density at radius 3 is 1.94 bits per heavy atom. The minimum absolute atomic E-state index is 0. The first-order valence-electron chi connectivity index (χ1n) is 4.02. The number of rotatable bonds is 3. The Morgan fingerprint density at radius 1 is 1.11 bits per heavy atom. The van der Waals surface area contributed by atoms with E-state index < -0.39 is 22.2 Å². The summed E-state index contributed by atoms with van der Waals surface area (Å²) < 4.78 is 60.8. The minimum Gasteiger partial charge on any atom is -0.258 e. The van der Waals surface area contributed by atoms with E-state index in [1.165, 1.54) is 18.2 Å². The van der Waals surface area contributed by atoms with E-state index in [0.29, 0.717) is 0 Å². The van der Waals surface area contributed by atoms with Gasteiger partial charge in [0.05, 0.1) is 6.61 Å². The van der Waals surface area contributed by atoms with Gasteiger partial charge >= 0.3 is 15.6 Å². The quantitative estimate of drug-likeness (QED) is 0.623. The maximum atomic E-state index is 11.9. The predicted molar refractivity (Wildman–Crippen MR) is 63.0 cm³/mol. The second-order valence-corrected chi connectivity index (χ2v) is 5.42. The molecule has 0 aliphatic carbocycles. The third kappa shape index (κ3) is 4.64. The van der Waals surface area contributed by atoms with Crippen LogP contribution < -0.4 is 0 Å². The lowest BCUT2D eigenvalue weighted by Crippen LogP contribution is -2.25. The first-order valence-corrected chi connectivity index (χ1v) is 6.19. The average molecular weight is 325 g/mol. The van der Waals surface area contributed by atoms with Crippen molar-refractivity contribution in [2.45, 2.75) is 19.5 Å². The fraction of sp³-hybridized carbons (Fsp3) is 0.333. The molecule has 0 heterocycles. The third-order valence-corrected chi connectivity index (χ3v) is 3.02. The molecule has 9 heteroatoms. The zero-order chi connectivity index (χ0) is 13.3. The zero-order valence-corrected chi connectivity index (χ0v) is 10.3. The Morgan fingerprint density at radius 2 is 1.56 bits per heavy atom. The number of halogens is 5. The molecule has 0 saturated heterocycles. The summed E-state index contributed by atoms with van der Waals surface area (Å²) in [7, 11) is -5.61. The summed E-state index contributed by atoms with van der Waals surface area (Å²) in [6.07, 6.45) is 0. The Bertz CT molecular complexity index is 494. The van der Waals surface area contributed by atoms with Gasteiger partial charge < -0.3 is 0 Å². The fourth-order valence-corrected chi connectivity index (χ4v) is 1.90. The van der Waals surface area contributed by atoms with Crippen molar-refractivity contribution in [3.63, 3.8) is 0 Å². The summed E-state index contributed by atoms with van der Waals surface area (Å²) in [6.45, 7) is -0.790. The molecule has 1 aromatic carbocycles. The van der Waals surface area contributed by atoms with Gasteiger partial charge in [-0.2, -0.15) is 21.6 Å². The van der Waals surface area contributed by atoms with Gasteiger partial charge in [0.25, 0.3) is 0 Å². The van der Waals surface area contributed by atoms with Crippen LogP contribution in [0, 0.1) is 0 Å². The highest BCUT2D eigenvalue weighted by molar-refractivity contribution is 7.87. The van der Waals surface area contributed by atoms with Crippen LogP contribution in [0.4, 0.5) is 13.2 Å². The van der Waals surface area contributed by atoms with Gasteiger partial charge in [-0.15, -0.1) is 0 Å². The maximum Gasteiger partial charge on any atom is 0.523 e. The molecule has 3 nitrogen and oxygen atoms in total. The van der Waals surface area contributed by atoms with Gasteiger partial charge in [-0.1, -0.05) is 30.6 Å². The summed E-state index contributed by atoms with van der Waals surface area (Å²) in [5.74, 6) is 0. The second kappa shape index (κ2) is 6.10.